The number of hydrogen-bond acceptors (Lipinski definition) is 2. The first-order valence-electron chi connectivity index (χ1n) is 3.79. The van der Waals surface area contributed by atoms with Crippen molar-refractivity contribution in [1.82, 2.24) is 9.80 Å². The van der Waals surface area contributed by atoms with E-state index in [1.165, 1.54) is 20.5 Å². The van der Waals surface area contributed by atoms with Crippen LogP contribution in [0.2, 0.25) is 0 Å². The molecule has 0 aliphatic carbocycles. The Hall–Kier alpha value is 0.354. The van der Waals surface area contributed by atoms with Crippen LogP contribution in [0.3, 0.4) is 0 Å². The third-order valence-electron chi connectivity index (χ3n) is 2.33. The maximum Gasteiger partial charge on any atom is 0.0260 e. The molecule has 0 saturated heterocycles. The number of hydrogen-bond donors (Lipinski definition) is 0. The predicted molar refractivity (Wildman–Crippen MR) is 54.8 cm³/mol. The molecule has 0 amide bonds. The third-order valence-corrected chi connectivity index (χ3v) is 7.66. The number of nitrogens with zero attached hydrogens (tertiary/aromatic N) is 2. The van der Waals surface area contributed by atoms with Crippen LogP contribution in [0.1, 0.15) is 0 Å². The predicted octanol–water partition coefficient (Wildman–Crippen LogP) is -2.51. The summed E-state index contributed by atoms with van der Waals surface area (Å²) < 4.78 is 0. The summed E-state index contributed by atoms with van der Waals surface area (Å²) in [5.74, 6) is 0. The Morgan fingerprint density at radius 3 is 1.10 bits per heavy atom. The molecule has 0 fully saturated rings. The van der Waals surface area contributed by atoms with Gasteiger partial charge in [-0.05, 0) is 28.2 Å². The molecule has 0 aromatic carbocycles. The van der Waals surface area contributed by atoms with Crippen LogP contribution in [0.25, 0.3) is 0 Å². The van der Waals surface area contributed by atoms with Gasteiger partial charge in [0.25, 0.3) is 0 Å². The largest absolute Gasteiger partial charge is 0.309 e. The van der Waals surface area contributed by atoms with Crippen LogP contribution in [0.15, 0.2) is 0 Å². The smallest absolute Gasteiger partial charge is 0.0260 e. The highest BCUT2D eigenvalue weighted by Crippen LogP contribution is 1.97. The first-order chi connectivity index (χ1) is 4.46. The van der Waals surface area contributed by atoms with E-state index in [-0.39, 0.29) is 0 Å². The average molecular weight is 176 g/mol. The fraction of sp³-hybridized carbons (Fsp3) is 1.00. The van der Waals surface area contributed by atoms with Gasteiger partial charge >= 0.3 is 0 Å². The molecule has 0 bridgehead atoms. The average Bonchev–Trinajstić information content (AvgIpc) is 1.84. The van der Waals surface area contributed by atoms with Crippen LogP contribution in [0, 0.1) is 0 Å². The van der Waals surface area contributed by atoms with Gasteiger partial charge in [-0.15, -0.1) is 0 Å². The van der Waals surface area contributed by atoms with Crippen LogP contribution < -0.4 is 0 Å². The van der Waals surface area contributed by atoms with E-state index in [4.69, 9.17) is 0 Å². The van der Waals surface area contributed by atoms with E-state index in [9.17, 15) is 0 Å². The van der Waals surface area contributed by atoms with Gasteiger partial charge in [0.2, 0.25) is 0 Å². The van der Waals surface area contributed by atoms with Gasteiger partial charge in [-0.1, -0.05) is 0 Å². The van der Waals surface area contributed by atoms with Gasteiger partial charge in [-0.3, -0.25) is 0 Å². The van der Waals surface area contributed by atoms with Crippen LogP contribution in [0.4, 0.5) is 0 Å². The van der Waals surface area contributed by atoms with E-state index < -0.39 is 0 Å². The minimum absolute atomic E-state index is 0.821. The van der Waals surface area contributed by atoms with Crippen molar-refractivity contribution in [2.75, 3.05) is 28.2 Å². The molecule has 0 radical (unpaired) electrons. The van der Waals surface area contributed by atoms with E-state index >= 15 is 0 Å². The first-order valence-corrected chi connectivity index (χ1v) is 6.10. The van der Waals surface area contributed by atoms with Crippen molar-refractivity contribution in [3.8, 4) is 0 Å². The maximum absolute atomic E-state index is 2.34. The van der Waals surface area contributed by atoms with Crippen molar-refractivity contribution < 1.29 is 0 Å². The molecule has 0 rings (SSSR count). The first kappa shape index (κ1) is 10.4. The van der Waals surface area contributed by atoms with E-state index in [0.717, 1.165) is 11.3 Å². The molecule has 10 heavy (non-hydrogen) atoms. The molecule has 0 N–H and O–H groups in total. The van der Waals surface area contributed by atoms with Crippen molar-refractivity contribution in [2.45, 2.75) is 11.3 Å². The monoisotopic (exact) mass is 176 g/mol. The molecular formula is C6H20N2Si2. The minimum Gasteiger partial charge on any atom is -0.309 e. The molecule has 4 heteroatoms. The van der Waals surface area contributed by atoms with E-state index in [0.29, 0.717) is 0 Å². The van der Waals surface area contributed by atoms with Crippen molar-refractivity contribution >= 4 is 20.5 Å². The van der Waals surface area contributed by atoms with Gasteiger partial charge < -0.3 is 9.80 Å². The van der Waals surface area contributed by atoms with Gasteiger partial charge in [0.1, 0.15) is 0 Å². The summed E-state index contributed by atoms with van der Waals surface area (Å²) in [6.45, 7) is 0. The summed E-state index contributed by atoms with van der Waals surface area (Å²) in [5.41, 5.74) is 1.64. The van der Waals surface area contributed by atoms with Crippen LogP contribution in [-0.4, -0.2) is 69.8 Å². The molecular weight excluding hydrogens is 156 g/mol. The van der Waals surface area contributed by atoms with Gasteiger partial charge in [0, 0.05) is 31.8 Å². The molecule has 0 heterocycles. The van der Waals surface area contributed by atoms with E-state index in [1.807, 2.05) is 0 Å². The highest BCUT2D eigenvalue weighted by atomic mass is 28.2. The van der Waals surface area contributed by atoms with Crippen molar-refractivity contribution in [3.63, 3.8) is 0 Å². The van der Waals surface area contributed by atoms with Gasteiger partial charge in [0.05, 0.1) is 0 Å². The van der Waals surface area contributed by atoms with E-state index in [2.05, 4.69) is 38.0 Å². The topological polar surface area (TPSA) is 6.48 Å². The molecule has 0 spiro atoms. The molecule has 0 aliphatic rings. The fourth-order valence-corrected chi connectivity index (χ4v) is 2.06. The standard InChI is InChI=1S/C6H20N2Si2/c1-7(2)5(9)6(10)8(3)4/h5-6H,1-4,9-10H3. The van der Waals surface area contributed by atoms with Gasteiger partial charge in [0.15, 0.2) is 0 Å². The SMILES string of the molecule is CN(C)C([SiH3])C([SiH3])N(C)C. The molecule has 2 unspecified atom stereocenters. The Kier molecular flexibility index (Phi) is 4.43. The zero-order valence-corrected chi connectivity index (χ0v) is 12.0. The van der Waals surface area contributed by atoms with Gasteiger partial charge in [-0.25, -0.2) is 0 Å². The van der Waals surface area contributed by atoms with Crippen LogP contribution >= 0.6 is 0 Å². The molecule has 0 aliphatic heterocycles. The zero-order valence-electron chi connectivity index (χ0n) is 8.05. The molecule has 62 valence electrons. The summed E-state index contributed by atoms with van der Waals surface area (Å²) in [7, 11) is 11.2. The Bertz CT molecular complexity index is 83.7. The molecule has 2 nitrogen and oxygen atoms in total. The van der Waals surface area contributed by atoms with Crippen LogP contribution in [0.5, 0.6) is 0 Å². The Labute approximate surface area is 70.4 Å². The Morgan fingerprint density at radius 2 is 1.00 bits per heavy atom. The summed E-state index contributed by atoms with van der Waals surface area (Å²) >= 11 is 0. The second kappa shape index (κ2) is 4.28. The lowest BCUT2D eigenvalue weighted by atomic mass is 10.5. The van der Waals surface area contributed by atoms with Crippen molar-refractivity contribution in [3.05, 3.63) is 0 Å². The Morgan fingerprint density at radius 1 is 0.800 bits per heavy atom. The quantitative estimate of drug-likeness (QED) is 0.439. The highest BCUT2D eigenvalue weighted by Gasteiger charge is 2.14. The van der Waals surface area contributed by atoms with Crippen LogP contribution in [-0.2, 0) is 0 Å². The second-order valence-corrected chi connectivity index (χ2v) is 5.77. The highest BCUT2D eigenvalue weighted by molar-refractivity contribution is 6.21. The zero-order chi connectivity index (χ0) is 8.31. The van der Waals surface area contributed by atoms with Crippen molar-refractivity contribution in [2.24, 2.45) is 0 Å². The summed E-state index contributed by atoms with van der Waals surface area (Å²) in [4.78, 5) is 4.67. The lowest BCUT2D eigenvalue weighted by Crippen LogP contribution is -2.47. The minimum atomic E-state index is 0.821. The normalized spacial score (nSPS) is 18.6. The number of likely N-dealkylation sites (N-methyl/N-ethyl adjacent to an activating group) is 2. The van der Waals surface area contributed by atoms with Crippen molar-refractivity contribution in [1.29, 1.82) is 0 Å². The lowest BCUT2D eigenvalue weighted by molar-refractivity contribution is 0.262. The Balaban J connectivity index is 3.81. The second-order valence-electron chi connectivity index (χ2n) is 3.41. The molecule has 2 atom stereocenters. The summed E-state index contributed by atoms with van der Waals surface area (Å²) in [6, 6.07) is 0. The molecule has 0 aromatic heterocycles. The van der Waals surface area contributed by atoms with Gasteiger partial charge in [-0.2, -0.15) is 0 Å². The molecule has 0 aromatic rings. The number of rotatable bonds is 3. The maximum atomic E-state index is 2.34. The lowest BCUT2D eigenvalue weighted by Gasteiger charge is -2.31. The molecule has 0 saturated carbocycles. The summed E-state index contributed by atoms with van der Waals surface area (Å²) in [5, 5.41) is 0. The summed E-state index contributed by atoms with van der Waals surface area (Å²) in [6.07, 6.45) is 0. The van der Waals surface area contributed by atoms with E-state index in [1.54, 1.807) is 0 Å². The third kappa shape index (κ3) is 2.96. The fourth-order valence-electron chi connectivity index (χ4n) is 0.863.